The van der Waals surface area contributed by atoms with Crippen LogP contribution >= 0.6 is 0 Å². The molecule has 1 amide bonds. The number of carbonyl (C=O) groups is 2. The van der Waals surface area contributed by atoms with Gasteiger partial charge in [0.15, 0.2) is 6.61 Å². The molecule has 7 nitrogen and oxygen atoms in total. The Hall–Kier alpha value is -3.48. The maximum atomic E-state index is 12.4. The second-order valence-electron chi connectivity index (χ2n) is 6.35. The van der Waals surface area contributed by atoms with Gasteiger partial charge in [0.25, 0.3) is 5.91 Å². The van der Waals surface area contributed by atoms with Crippen LogP contribution in [0.2, 0.25) is 0 Å². The molecule has 2 aromatic carbocycles. The van der Waals surface area contributed by atoms with Crippen molar-refractivity contribution >= 4 is 22.8 Å². The lowest BCUT2D eigenvalue weighted by atomic mass is 10.1. The molecule has 1 heterocycles. The highest BCUT2D eigenvalue weighted by Crippen LogP contribution is 2.29. The molecule has 0 saturated heterocycles. The topological polar surface area (TPSA) is 87.0 Å². The summed E-state index contributed by atoms with van der Waals surface area (Å²) < 4.78 is 21.3. The summed E-state index contributed by atoms with van der Waals surface area (Å²) in [6.45, 7) is 4.11. The predicted octanol–water partition coefficient (Wildman–Crippen LogP) is 3.62. The summed E-state index contributed by atoms with van der Waals surface area (Å²) in [6, 6.07) is 12.7. The summed E-state index contributed by atoms with van der Waals surface area (Å²) in [4.78, 5) is 24.4. The Morgan fingerprint density at radius 3 is 2.69 bits per heavy atom. The average molecular weight is 397 g/mol. The molecule has 0 saturated carbocycles. The maximum absolute atomic E-state index is 12.4. The van der Waals surface area contributed by atoms with Gasteiger partial charge in [-0.05, 0) is 49.7 Å². The fraction of sp³-hybridized carbons (Fsp3) is 0.273. The Kier molecular flexibility index (Phi) is 6.39. The summed E-state index contributed by atoms with van der Waals surface area (Å²) in [7, 11) is 1.58. The lowest BCUT2D eigenvalue weighted by Gasteiger charge is -2.07. The first kappa shape index (κ1) is 20.3. The molecular formula is C22H23NO6. The van der Waals surface area contributed by atoms with E-state index in [2.05, 4.69) is 5.32 Å². The number of hydrogen-bond acceptors (Lipinski definition) is 6. The first-order valence-corrected chi connectivity index (χ1v) is 9.24. The fourth-order valence-electron chi connectivity index (χ4n) is 2.88. The summed E-state index contributed by atoms with van der Waals surface area (Å²) in [5, 5.41) is 3.47. The number of ether oxygens (including phenoxy) is 3. The minimum absolute atomic E-state index is 0.0780. The van der Waals surface area contributed by atoms with Crippen molar-refractivity contribution in [3.05, 3.63) is 59.4 Å². The van der Waals surface area contributed by atoms with Gasteiger partial charge >= 0.3 is 5.97 Å². The number of esters is 1. The Morgan fingerprint density at radius 1 is 1.10 bits per heavy atom. The van der Waals surface area contributed by atoms with E-state index in [0.717, 1.165) is 10.9 Å². The number of methoxy groups -OCH3 is 1. The van der Waals surface area contributed by atoms with Crippen LogP contribution < -0.4 is 14.8 Å². The Balaban J connectivity index is 1.58. The van der Waals surface area contributed by atoms with Crippen molar-refractivity contribution in [2.45, 2.75) is 20.4 Å². The van der Waals surface area contributed by atoms with E-state index in [1.165, 1.54) is 0 Å². The van der Waals surface area contributed by atoms with Gasteiger partial charge in [0.1, 0.15) is 17.1 Å². The molecule has 3 aromatic rings. The van der Waals surface area contributed by atoms with E-state index in [-0.39, 0.29) is 5.76 Å². The zero-order valence-corrected chi connectivity index (χ0v) is 16.6. The third-order valence-electron chi connectivity index (χ3n) is 4.36. The lowest BCUT2D eigenvalue weighted by Crippen LogP contribution is -2.28. The third kappa shape index (κ3) is 4.87. The zero-order chi connectivity index (χ0) is 20.8. The van der Waals surface area contributed by atoms with E-state index in [4.69, 9.17) is 18.6 Å². The molecule has 0 spiro atoms. The first-order chi connectivity index (χ1) is 14.0. The number of amides is 1. The number of fused-ring (bicyclic) bond motifs is 1. The van der Waals surface area contributed by atoms with Crippen LogP contribution in [-0.2, 0) is 16.1 Å². The first-order valence-electron chi connectivity index (χ1n) is 9.24. The van der Waals surface area contributed by atoms with Gasteiger partial charge in [-0.2, -0.15) is 0 Å². The van der Waals surface area contributed by atoms with E-state index >= 15 is 0 Å². The molecule has 1 aromatic heterocycles. The van der Waals surface area contributed by atoms with Gasteiger partial charge in [-0.1, -0.05) is 12.1 Å². The van der Waals surface area contributed by atoms with Crippen molar-refractivity contribution in [2.75, 3.05) is 20.3 Å². The number of hydrogen-bond donors (Lipinski definition) is 1. The number of aryl methyl sites for hydroxylation is 1. The van der Waals surface area contributed by atoms with E-state index < -0.39 is 18.5 Å². The number of carbonyl (C=O) groups excluding carboxylic acids is 2. The van der Waals surface area contributed by atoms with Gasteiger partial charge in [-0.3, -0.25) is 4.79 Å². The van der Waals surface area contributed by atoms with E-state index in [1.54, 1.807) is 26.2 Å². The van der Waals surface area contributed by atoms with Crippen molar-refractivity contribution in [3.63, 3.8) is 0 Å². The van der Waals surface area contributed by atoms with Crippen LogP contribution in [0.15, 0.2) is 46.9 Å². The van der Waals surface area contributed by atoms with Crippen LogP contribution in [-0.4, -0.2) is 32.2 Å². The molecule has 7 heteroatoms. The van der Waals surface area contributed by atoms with E-state index in [9.17, 15) is 9.59 Å². The molecule has 0 fully saturated rings. The van der Waals surface area contributed by atoms with Crippen molar-refractivity contribution in [1.82, 2.24) is 5.32 Å². The van der Waals surface area contributed by atoms with Crippen LogP contribution in [0.4, 0.5) is 0 Å². The molecule has 0 unspecified atom stereocenters. The monoisotopic (exact) mass is 397 g/mol. The van der Waals surface area contributed by atoms with Crippen LogP contribution in [0.1, 0.15) is 28.6 Å². The Bertz CT molecular complexity index is 1020. The number of rotatable bonds is 8. The summed E-state index contributed by atoms with van der Waals surface area (Å²) in [5.74, 6) is 0.382. The molecule has 152 valence electrons. The summed E-state index contributed by atoms with van der Waals surface area (Å²) >= 11 is 0. The normalized spacial score (nSPS) is 10.6. The van der Waals surface area contributed by atoms with Gasteiger partial charge in [0.2, 0.25) is 5.76 Å². The second-order valence-corrected chi connectivity index (χ2v) is 6.35. The van der Waals surface area contributed by atoms with Gasteiger partial charge in [-0.25, -0.2) is 4.79 Å². The molecule has 3 rings (SSSR count). The Labute approximate surface area is 168 Å². The van der Waals surface area contributed by atoms with E-state index in [1.807, 2.05) is 37.3 Å². The van der Waals surface area contributed by atoms with Crippen molar-refractivity contribution < 1.29 is 28.2 Å². The zero-order valence-electron chi connectivity index (χ0n) is 16.6. The van der Waals surface area contributed by atoms with Crippen molar-refractivity contribution in [2.24, 2.45) is 0 Å². The molecule has 0 aliphatic heterocycles. The van der Waals surface area contributed by atoms with Gasteiger partial charge in [0.05, 0.1) is 13.7 Å². The molecule has 0 aliphatic rings. The quantitative estimate of drug-likeness (QED) is 0.584. The predicted molar refractivity (Wildman–Crippen MR) is 107 cm³/mol. The third-order valence-corrected chi connectivity index (χ3v) is 4.36. The summed E-state index contributed by atoms with van der Waals surface area (Å²) in [6.07, 6.45) is 0. The largest absolute Gasteiger partial charge is 0.497 e. The molecule has 0 aliphatic carbocycles. The number of nitrogens with one attached hydrogen (secondary N) is 1. The smallest absolute Gasteiger partial charge is 0.375 e. The maximum Gasteiger partial charge on any atom is 0.375 e. The second kappa shape index (κ2) is 9.14. The van der Waals surface area contributed by atoms with Crippen LogP contribution in [0.25, 0.3) is 11.0 Å². The average Bonchev–Trinajstić information content (AvgIpc) is 3.07. The molecule has 0 atom stereocenters. The number of furan rings is 1. The van der Waals surface area contributed by atoms with Crippen LogP contribution in [0.5, 0.6) is 11.5 Å². The standard InChI is InChI=1S/C22H23NO6/c1-4-27-17-8-9-19-18(11-17)14(2)21(29-19)22(25)28-13-20(24)23-12-15-6-5-7-16(10-15)26-3/h5-11H,4,12-13H2,1-3H3,(H,23,24). The molecule has 0 radical (unpaired) electrons. The van der Waals surface area contributed by atoms with Crippen molar-refractivity contribution in [1.29, 1.82) is 0 Å². The highest BCUT2D eigenvalue weighted by molar-refractivity contribution is 5.97. The molecule has 1 N–H and O–H groups in total. The fourth-order valence-corrected chi connectivity index (χ4v) is 2.88. The van der Waals surface area contributed by atoms with E-state index in [0.29, 0.717) is 35.8 Å². The number of benzene rings is 2. The molecule has 0 bridgehead atoms. The van der Waals surface area contributed by atoms with Crippen LogP contribution in [0.3, 0.4) is 0 Å². The molecular weight excluding hydrogens is 374 g/mol. The van der Waals surface area contributed by atoms with Crippen LogP contribution in [0, 0.1) is 6.92 Å². The minimum atomic E-state index is -0.687. The highest BCUT2D eigenvalue weighted by Gasteiger charge is 2.20. The van der Waals surface area contributed by atoms with Gasteiger partial charge in [0, 0.05) is 17.5 Å². The SMILES string of the molecule is CCOc1ccc2oc(C(=O)OCC(=O)NCc3cccc(OC)c3)c(C)c2c1. The van der Waals surface area contributed by atoms with Gasteiger partial charge in [-0.15, -0.1) is 0 Å². The highest BCUT2D eigenvalue weighted by atomic mass is 16.5. The lowest BCUT2D eigenvalue weighted by molar-refractivity contribution is -0.124. The Morgan fingerprint density at radius 2 is 1.93 bits per heavy atom. The van der Waals surface area contributed by atoms with Crippen molar-refractivity contribution in [3.8, 4) is 11.5 Å². The summed E-state index contributed by atoms with van der Waals surface area (Å²) in [5.41, 5.74) is 2.07. The minimum Gasteiger partial charge on any atom is -0.497 e. The van der Waals surface area contributed by atoms with Gasteiger partial charge < -0.3 is 23.9 Å². The molecule has 29 heavy (non-hydrogen) atoms.